The van der Waals surface area contributed by atoms with Crippen LogP contribution in [0.4, 0.5) is 11.4 Å². The highest BCUT2D eigenvalue weighted by molar-refractivity contribution is 6.01. The molecule has 21 heavy (non-hydrogen) atoms. The first kappa shape index (κ1) is 14.1. The molecule has 112 valence electrons. The number of pyridine rings is 1. The minimum absolute atomic E-state index is 0.690. The molecule has 2 N–H and O–H groups in total. The van der Waals surface area contributed by atoms with Crippen LogP contribution >= 0.6 is 0 Å². The number of methoxy groups -OCH3 is 1. The Balaban J connectivity index is 1.91. The van der Waals surface area contributed by atoms with Crippen molar-refractivity contribution in [3.8, 4) is 0 Å². The molecule has 1 aromatic carbocycles. The first-order chi connectivity index (χ1) is 10.2. The fourth-order valence-corrected chi connectivity index (χ4v) is 3.20. The summed E-state index contributed by atoms with van der Waals surface area (Å²) in [7, 11) is 1.79. The normalized spacial score (nSPS) is 16.6. The highest BCUT2D eigenvalue weighted by Gasteiger charge is 2.21. The zero-order valence-electron chi connectivity index (χ0n) is 12.8. The molecule has 4 nitrogen and oxygen atoms in total. The van der Waals surface area contributed by atoms with Gasteiger partial charge in [-0.25, -0.2) is 0 Å². The van der Waals surface area contributed by atoms with Crippen molar-refractivity contribution in [3.05, 3.63) is 30.1 Å². The van der Waals surface area contributed by atoms with Gasteiger partial charge in [0.05, 0.1) is 0 Å². The van der Waals surface area contributed by atoms with Crippen LogP contribution in [0, 0.1) is 12.8 Å². The summed E-state index contributed by atoms with van der Waals surface area (Å²) in [5, 5.41) is 2.27. The second kappa shape index (κ2) is 5.90. The molecule has 4 heteroatoms. The number of aryl methyl sites for hydroxylation is 1. The van der Waals surface area contributed by atoms with Crippen molar-refractivity contribution in [2.24, 2.45) is 5.92 Å². The van der Waals surface area contributed by atoms with Gasteiger partial charge in [-0.2, -0.15) is 0 Å². The van der Waals surface area contributed by atoms with E-state index >= 15 is 0 Å². The highest BCUT2D eigenvalue weighted by atomic mass is 16.5. The maximum absolute atomic E-state index is 6.09. The van der Waals surface area contributed by atoms with Crippen molar-refractivity contribution in [2.75, 3.05) is 37.4 Å². The Morgan fingerprint density at radius 3 is 2.76 bits per heavy atom. The number of ether oxygens (including phenoxy) is 1. The summed E-state index contributed by atoms with van der Waals surface area (Å²) in [6, 6.07) is 6.28. The largest absolute Gasteiger partial charge is 0.398 e. The van der Waals surface area contributed by atoms with Gasteiger partial charge in [-0.3, -0.25) is 4.98 Å². The summed E-state index contributed by atoms with van der Waals surface area (Å²) in [5.41, 5.74) is 9.20. The molecule has 1 aliphatic rings. The molecule has 0 atom stereocenters. The summed E-state index contributed by atoms with van der Waals surface area (Å²) >= 11 is 0. The molecule has 0 amide bonds. The Morgan fingerprint density at radius 1 is 1.29 bits per heavy atom. The summed E-state index contributed by atoms with van der Waals surface area (Å²) < 4.78 is 5.28. The zero-order valence-corrected chi connectivity index (χ0v) is 12.8. The minimum Gasteiger partial charge on any atom is -0.398 e. The summed E-state index contributed by atoms with van der Waals surface area (Å²) in [6.45, 7) is 5.05. The van der Waals surface area contributed by atoms with Gasteiger partial charge in [0, 0.05) is 60.8 Å². The zero-order chi connectivity index (χ0) is 14.8. The number of aromatic nitrogens is 1. The quantitative estimate of drug-likeness (QED) is 0.881. The number of hydrogen-bond acceptors (Lipinski definition) is 4. The van der Waals surface area contributed by atoms with Gasteiger partial charge in [0.15, 0.2) is 0 Å². The number of hydrogen-bond donors (Lipinski definition) is 1. The number of nitrogen functional groups attached to an aromatic ring is 1. The maximum atomic E-state index is 6.09. The molecule has 0 aliphatic carbocycles. The monoisotopic (exact) mass is 285 g/mol. The third kappa shape index (κ3) is 2.81. The standard InChI is InChI=1S/C17H23N3O/c1-12-9-14-15(10-19-12)16(18)3-4-17(14)20-7-5-13(6-8-20)11-21-2/h3-4,9-10,13H,5-8,11,18H2,1-2H3. The molecular weight excluding hydrogens is 262 g/mol. The predicted octanol–water partition coefficient (Wildman–Crippen LogP) is 2.99. The first-order valence-corrected chi connectivity index (χ1v) is 7.57. The molecule has 0 radical (unpaired) electrons. The van der Waals surface area contributed by atoms with E-state index in [-0.39, 0.29) is 0 Å². The number of nitrogens with two attached hydrogens (primary N) is 1. The Labute approximate surface area is 125 Å². The van der Waals surface area contributed by atoms with Crippen molar-refractivity contribution in [2.45, 2.75) is 19.8 Å². The molecule has 1 aliphatic heterocycles. The molecule has 1 fully saturated rings. The number of piperidine rings is 1. The van der Waals surface area contributed by atoms with Crippen molar-refractivity contribution in [3.63, 3.8) is 0 Å². The Morgan fingerprint density at radius 2 is 2.05 bits per heavy atom. The van der Waals surface area contributed by atoms with Gasteiger partial charge >= 0.3 is 0 Å². The fraction of sp³-hybridized carbons (Fsp3) is 0.471. The summed E-state index contributed by atoms with van der Waals surface area (Å²) in [6.07, 6.45) is 4.26. The molecule has 0 unspecified atom stereocenters. The lowest BCUT2D eigenvalue weighted by Crippen LogP contribution is -2.35. The third-order valence-electron chi connectivity index (χ3n) is 4.41. The van der Waals surface area contributed by atoms with Crippen LogP contribution in [0.1, 0.15) is 18.5 Å². The Hall–Kier alpha value is -1.81. The van der Waals surface area contributed by atoms with Crippen molar-refractivity contribution >= 4 is 22.1 Å². The van der Waals surface area contributed by atoms with Gasteiger partial charge in [0.2, 0.25) is 0 Å². The van der Waals surface area contributed by atoms with Crippen LogP contribution in [-0.4, -0.2) is 31.8 Å². The average Bonchev–Trinajstić information content (AvgIpc) is 2.49. The number of fused-ring (bicyclic) bond motifs is 1. The van der Waals surface area contributed by atoms with Gasteiger partial charge in [-0.05, 0) is 43.9 Å². The lowest BCUT2D eigenvalue weighted by molar-refractivity contribution is 0.139. The number of rotatable bonds is 3. The lowest BCUT2D eigenvalue weighted by atomic mass is 9.96. The van der Waals surface area contributed by atoms with Gasteiger partial charge in [0.25, 0.3) is 0 Å². The molecule has 1 saturated heterocycles. The third-order valence-corrected chi connectivity index (χ3v) is 4.41. The molecule has 0 saturated carbocycles. The summed E-state index contributed by atoms with van der Waals surface area (Å²) in [5.74, 6) is 0.690. The molecule has 1 aromatic heterocycles. The molecule has 3 rings (SSSR count). The van der Waals surface area contributed by atoms with Crippen LogP contribution in [0.5, 0.6) is 0 Å². The SMILES string of the molecule is COCC1CCN(c2ccc(N)c3cnc(C)cc23)CC1. The minimum atomic E-state index is 0.690. The van der Waals surface area contributed by atoms with E-state index in [1.807, 2.05) is 19.2 Å². The fourth-order valence-electron chi connectivity index (χ4n) is 3.20. The van der Waals surface area contributed by atoms with Gasteiger partial charge < -0.3 is 15.4 Å². The average molecular weight is 285 g/mol. The Kier molecular flexibility index (Phi) is 3.97. The van der Waals surface area contributed by atoms with Crippen LogP contribution in [-0.2, 0) is 4.74 Å². The van der Waals surface area contributed by atoms with E-state index in [1.54, 1.807) is 7.11 Å². The Bertz CT molecular complexity index is 633. The second-order valence-corrected chi connectivity index (χ2v) is 5.93. The van der Waals surface area contributed by atoms with E-state index < -0.39 is 0 Å². The van der Waals surface area contributed by atoms with Crippen molar-refractivity contribution in [1.82, 2.24) is 4.98 Å². The number of nitrogens with zero attached hydrogens (tertiary/aromatic N) is 2. The molecular formula is C17H23N3O. The molecule has 0 spiro atoms. The molecule has 0 bridgehead atoms. The first-order valence-electron chi connectivity index (χ1n) is 7.57. The highest BCUT2D eigenvalue weighted by Crippen LogP contribution is 2.33. The lowest BCUT2D eigenvalue weighted by Gasteiger charge is -2.34. The van der Waals surface area contributed by atoms with E-state index in [1.165, 1.54) is 23.9 Å². The van der Waals surface area contributed by atoms with E-state index in [2.05, 4.69) is 22.0 Å². The van der Waals surface area contributed by atoms with Gasteiger partial charge in [-0.15, -0.1) is 0 Å². The van der Waals surface area contributed by atoms with Crippen molar-refractivity contribution in [1.29, 1.82) is 0 Å². The van der Waals surface area contributed by atoms with Crippen LogP contribution in [0.3, 0.4) is 0 Å². The van der Waals surface area contributed by atoms with Crippen LogP contribution in [0.2, 0.25) is 0 Å². The maximum Gasteiger partial charge on any atom is 0.0491 e. The molecule has 2 aromatic rings. The van der Waals surface area contributed by atoms with Crippen LogP contribution in [0.15, 0.2) is 24.4 Å². The van der Waals surface area contributed by atoms with Crippen LogP contribution in [0.25, 0.3) is 10.8 Å². The van der Waals surface area contributed by atoms with E-state index in [0.717, 1.165) is 36.5 Å². The van der Waals surface area contributed by atoms with Gasteiger partial charge in [0.1, 0.15) is 0 Å². The smallest absolute Gasteiger partial charge is 0.0491 e. The summed E-state index contributed by atoms with van der Waals surface area (Å²) in [4.78, 5) is 6.84. The van der Waals surface area contributed by atoms with Gasteiger partial charge in [-0.1, -0.05) is 0 Å². The van der Waals surface area contributed by atoms with E-state index in [9.17, 15) is 0 Å². The van der Waals surface area contributed by atoms with E-state index in [4.69, 9.17) is 10.5 Å². The topological polar surface area (TPSA) is 51.4 Å². The van der Waals surface area contributed by atoms with Crippen LogP contribution < -0.4 is 10.6 Å². The second-order valence-electron chi connectivity index (χ2n) is 5.93. The number of benzene rings is 1. The predicted molar refractivity (Wildman–Crippen MR) is 87.7 cm³/mol. The van der Waals surface area contributed by atoms with E-state index in [0.29, 0.717) is 5.92 Å². The number of anilines is 2. The van der Waals surface area contributed by atoms with Crippen molar-refractivity contribution < 1.29 is 4.74 Å². The molecule has 2 heterocycles.